The van der Waals surface area contributed by atoms with E-state index in [1.165, 1.54) is 12.8 Å². The van der Waals surface area contributed by atoms with Crippen molar-refractivity contribution in [2.75, 3.05) is 20.1 Å². The fraction of sp³-hybridized carbons (Fsp3) is 0.786. The van der Waals surface area contributed by atoms with Crippen molar-refractivity contribution in [3.8, 4) is 0 Å². The van der Waals surface area contributed by atoms with Crippen LogP contribution >= 0.6 is 0 Å². The average Bonchev–Trinajstić information content (AvgIpc) is 2.77. The van der Waals surface area contributed by atoms with Gasteiger partial charge < -0.3 is 9.73 Å². The predicted octanol–water partition coefficient (Wildman–Crippen LogP) is 2.16. The molecule has 0 saturated carbocycles. The summed E-state index contributed by atoms with van der Waals surface area (Å²) in [5.74, 6) is 1.82. The van der Waals surface area contributed by atoms with E-state index < -0.39 is 0 Å². The van der Waals surface area contributed by atoms with Gasteiger partial charge in [-0.1, -0.05) is 20.8 Å². The smallest absolute Gasteiger partial charge is 0.208 e. The van der Waals surface area contributed by atoms with Crippen molar-refractivity contribution in [2.45, 2.75) is 51.6 Å². The molecule has 4 heteroatoms. The predicted molar refractivity (Wildman–Crippen MR) is 72.6 cm³/mol. The Hall–Kier alpha value is -0.870. The highest BCUT2D eigenvalue weighted by molar-refractivity contribution is 5.06. The van der Waals surface area contributed by atoms with Crippen LogP contribution in [0.4, 0.5) is 0 Å². The van der Waals surface area contributed by atoms with Crippen LogP contribution in [0.3, 0.4) is 0 Å². The lowest BCUT2D eigenvalue weighted by atomic mass is 9.94. The number of hydrogen-bond acceptors (Lipinski definition) is 4. The van der Waals surface area contributed by atoms with Gasteiger partial charge in [0.05, 0.1) is 12.7 Å². The normalized spacial score (nSPS) is 22.3. The first-order chi connectivity index (χ1) is 8.49. The molecule has 0 radical (unpaired) electrons. The first-order valence-corrected chi connectivity index (χ1v) is 6.84. The van der Waals surface area contributed by atoms with Crippen LogP contribution in [0.5, 0.6) is 0 Å². The Morgan fingerprint density at radius 3 is 2.89 bits per heavy atom. The van der Waals surface area contributed by atoms with Crippen LogP contribution in [-0.4, -0.2) is 36.1 Å². The van der Waals surface area contributed by atoms with Crippen LogP contribution in [-0.2, 0) is 12.0 Å². The summed E-state index contributed by atoms with van der Waals surface area (Å²) in [5.41, 5.74) is 0.0423. The minimum Gasteiger partial charge on any atom is -0.444 e. The SMILES string of the molecule is CNC1CCCN(Cc2ncc(C(C)(C)C)o2)C1. The van der Waals surface area contributed by atoms with Gasteiger partial charge in [0.1, 0.15) is 5.76 Å². The number of rotatable bonds is 3. The molecular formula is C14H25N3O. The molecule has 0 aliphatic carbocycles. The summed E-state index contributed by atoms with van der Waals surface area (Å²) in [6.45, 7) is 9.50. The minimum atomic E-state index is 0.0423. The number of likely N-dealkylation sites (tertiary alicyclic amines) is 1. The van der Waals surface area contributed by atoms with E-state index in [0.29, 0.717) is 6.04 Å². The van der Waals surface area contributed by atoms with Gasteiger partial charge in [-0.05, 0) is 26.4 Å². The molecule has 0 aromatic carbocycles. The van der Waals surface area contributed by atoms with E-state index in [9.17, 15) is 0 Å². The maximum Gasteiger partial charge on any atom is 0.208 e. The molecule has 0 amide bonds. The molecule has 4 nitrogen and oxygen atoms in total. The first-order valence-electron chi connectivity index (χ1n) is 6.84. The lowest BCUT2D eigenvalue weighted by Crippen LogP contribution is -2.43. The van der Waals surface area contributed by atoms with E-state index >= 15 is 0 Å². The molecule has 1 aromatic heterocycles. The highest BCUT2D eigenvalue weighted by Gasteiger charge is 2.22. The van der Waals surface area contributed by atoms with Crippen LogP contribution < -0.4 is 5.32 Å². The van der Waals surface area contributed by atoms with E-state index in [1.54, 1.807) is 0 Å². The van der Waals surface area contributed by atoms with Gasteiger partial charge in [-0.25, -0.2) is 4.98 Å². The molecule has 2 heterocycles. The largest absolute Gasteiger partial charge is 0.444 e. The molecule has 102 valence electrons. The molecule has 1 atom stereocenters. The molecule has 1 aliphatic heterocycles. The Morgan fingerprint density at radius 2 is 2.28 bits per heavy atom. The van der Waals surface area contributed by atoms with Gasteiger partial charge >= 0.3 is 0 Å². The Bertz CT molecular complexity index is 381. The fourth-order valence-electron chi connectivity index (χ4n) is 2.36. The summed E-state index contributed by atoms with van der Waals surface area (Å²) < 4.78 is 5.85. The Labute approximate surface area is 110 Å². The van der Waals surface area contributed by atoms with Crippen molar-refractivity contribution in [2.24, 2.45) is 0 Å². The molecule has 1 aromatic rings. The first kappa shape index (κ1) is 13.6. The van der Waals surface area contributed by atoms with Crippen LogP contribution in [0.15, 0.2) is 10.6 Å². The van der Waals surface area contributed by atoms with Gasteiger partial charge in [-0.15, -0.1) is 0 Å². The average molecular weight is 251 g/mol. The van der Waals surface area contributed by atoms with Gasteiger partial charge in [-0.2, -0.15) is 0 Å². The number of oxazole rings is 1. The number of piperidine rings is 1. The summed E-state index contributed by atoms with van der Waals surface area (Å²) >= 11 is 0. The quantitative estimate of drug-likeness (QED) is 0.894. The molecule has 1 aliphatic rings. The van der Waals surface area contributed by atoms with Crippen molar-refractivity contribution in [3.05, 3.63) is 17.8 Å². The Balaban J connectivity index is 1.95. The summed E-state index contributed by atoms with van der Waals surface area (Å²) in [6.07, 6.45) is 4.39. The zero-order valence-corrected chi connectivity index (χ0v) is 12.0. The molecule has 2 rings (SSSR count). The van der Waals surface area contributed by atoms with Crippen LogP contribution in [0.25, 0.3) is 0 Å². The van der Waals surface area contributed by atoms with E-state index in [4.69, 9.17) is 4.42 Å². The minimum absolute atomic E-state index is 0.0423. The maximum atomic E-state index is 5.85. The molecule has 1 unspecified atom stereocenters. The van der Waals surface area contributed by atoms with Crippen molar-refractivity contribution in [1.82, 2.24) is 15.2 Å². The number of hydrogen-bond donors (Lipinski definition) is 1. The number of likely N-dealkylation sites (N-methyl/N-ethyl adjacent to an activating group) is 1. The summed E-state index contributed by atoms with van der Waals surface area (Å²) in [7, 11) is 2.04. The third-order valence-electron chi connectivity index (χ3n) is 3.57. The van der Waals surface area contributed by atoms with Crippen LogP contribution in [0.2, 0.25) is 0 Å². The van der Waals surface area contributed by atoms with Gasteiger partial charge in [0.25, 0.3) is 0 Å². The second kappa shape index (κ2) is 5.41. The van der Waals surface area contributed by atoms with Crippen molar-refractivity contribution >= 4 is 0 Å². The second-order valence-corrected chi connectivity index (χ2v) is 6.23. The number of nitrogens with zero attached hydrogens (tertiary/aromatic N) is 2. The fourth-order valence-corrected chi connectivity index (χ4v) is 2.36. The standard InChI is InChI=1S/C14H25N3O/c1-14(2,3)12-8-16-13(18-12)10-17-7-5-6-11(9-17)15-4/h8,11,15H,5-7,9-10H2,1-4H3. The highest BCUT2D eigenvalue weighted by Crippen LogP contribution is 2.23. The molecule has 1 fully saturated rings. The number of nitrogens with one attached hydrogen (secondary N) is 1. The van der Waals surface area contributed by atoms with Gasteiger partial charge in [0.2, 0.25) is 5.89 Å². The molecule has 1 N–H and O–H groups in total. The summed E-state index contributed by atoms with van der Waals surface area (Å²) in [6, 6.07) is 0.607. The highest BCUT2D eigenvalue weighted by atomic mass is 16.4. The monoisotopic (exact) mass is 251 g/mol. The number of aromatic nitrogens is 1. The lowest BCUT2D eigenvalue weighted by molar-refractivity contribution is 0.170. The molecule has 0 spiro atoms. The van der Waals surface area contributed by atoms with Crippen molar-refractivity contribution < 1.29 is 4.42 Å². The van der Waals surface area contributed by atoms with E-state index in [-0.39, 0.29) is 5.41 Å². The topological polar surface area (TPSA) is 41.3 Å². The van der Waals surface area contributed by atoms with Gasteiger partial charge in [0, 0.05) is 18.0 Å². The van der Waals surface area contributed by atoms with E-state index in [1.807, 2.05) is 13.2 Å². The molecular weight excluding hydrogens is 226 g/mol. The molecule has 1 saturated heterocycles. The molecule has 0 bridgehead atoms. The van der Waals surface area contributed by atoms with E-state index in [2.05, 4.69) is 36.0 Å². The van der Waals surface area contributed by atoms with Gasteiger partial charge in [-0.3, -0.25) is 4.90 Å². The van der Waals surface area contributed by atoms with E-state index in [0.717, 1.165) is 31.3 Å². The zero-order valence-electron chi connectivity index (χ0n) is 12.0. The van der Waals surface area contributed by atoms with Gasteiger partial charge in [0.15, 0.2) is 0 Å². The Kier molecular flexibility index (Phi) is 4.07. The molecule has 18 heavy (non-hydrogen) atoms. The van der Waals surface area contributed by atoms with Crippen molar-refractivity contribution in [1.29, 1.82) is 0 Å². The van der Waals surface area contributed by atoms with Crippen molar-refractivity contribution in [3.63, 3.8) is 0 Å². The summed E-state index contributed by atoms with van der Waals surface area (Å²) in [4.78, 5) is 6.82. The lowest BCUT2D eigenvalue weighted by Gasteiger charge is -2.31. The third-order valence-corrected chi connectivity index (χ3v) is 3.57. The van der Waals surface area contributed by atoms with Crippen LogP contribution in [0.1, 0.15) is 45.3 Å². The zero-order chi connectivity index (χ0) is 13.2. The Morgan fingerprint density at radius 1 is 1.50 bits per heavy atom. The third kappa shape index (κ3) is 3.33. The van der Waals surface area contributed by atoms with Crippen LogP contribution in [0, 0.1) is 0 Å². The second-order valence-electron chi connectivity index (χ2n) is 6.23. The summed E-state index contributed by atoms with van der Waals surface area (Å²) in [5, 5.41) is 3.36. The maximum absolute atomic E-state index is 5.85.